The third kappa shape index (κ3) is 11.6. The zero-order valence-electron chi connectivity index (χ0n) is 21.9. The number of carbonyl (C=O) groups is 3. The van der Waals surface area contributed by atoms with E-state index in [2.05, 4.69) is 31.7 Å². The SMILES string of the molecule is CC(C)C[C@@H](N)C(=O)NNC(=O)CCCCCNC(=O)c1ccc(N/N=C/c2ccccc2S(=O)(=O)O)nc1. The second kappa shape index (κ2) is 15.5. The van der Waals surface area contributed by atoms with Crippen LogP contribution >= 0.6 is 0 Å². The van der Waals surface area contributed by atoms with Crippen LogP contribution in [-0.4, -0.2) is 54.5 Å². The highest BCUT2D eigenvalue weighted by atomic mass is 32.2. The Labute approximate surface area is 227 Å². The summed E-state index contributed by atoms with van der Waals surface area (Å²) in [6, 6.07) is 8.24. The zero-order chi connectivity index (χ0) is 28.8. The summed E-state index contributed by atoms with van der Waals surface area (Å²) >= 11 is 0. The van der Waals surface area contributed by atoms with E-state index in [-0.39, 0.29) is 34.6 Å². The Balaban J connectivity index is 1.66. The average Bonchev–Trinajstić information content (AvgIpc) is 2.88. The van der Waals surface area contributed by atoms with E-state index < -0.39 is 22.1 Å². The Morgan fingerprint density at radius 1 is 1.08 bits per heavy atom. The molecule has 0 aliphatic heterocycles. The number of aromatic nitrogens is 1. The maximum Gasteiger partial charge on any atom is 0.295 e. The van der Waals surface area contributed by atoms with Crippen LogP contribution in [0.3, 0.4) is 0 Å². The molecular formula is C25H35N7O6S. The number of rotatable bonds is 14. The van der Waals surface area contributed by atoms with Gasteiger partial charge in [-0.3, -0.25) is 35.2 Å². The third-order valence-electron chi connectivity index (χ3n) is 5.36. The molecule has 13 nitrogen and oxygen atoms in total. The smallest absolute Gasteiger partial charge is 0.295 e. The Bertz CT molecular complexity index is 1250. The monoisotopic (exact) mass is 561 g/mol. The van der Waals surface area contributed by atoms with Crippen molar-refractivity contribution in [2.24, 2.45) is 16.8 Å². The summed E-state index contributed by atoms with van der Waals surface area (Å²) in [5, 5.41) is 6.70. The van der Waals surface area contributed by atoms with Crippen molar-refractivity contribution in [2.45, 2.75) is 56.9 Å². The number of amides is 3. The number of carbonyl (C=O) groups excluding carboxylic acids is 3. The Morgan fingerprint density at radius 2 is 1.82 bits per heavy atom. The molecule has 0 saturated heterocycles. The molecule has 2 rings (SSSR count). The van der Waals surface area contributed by atoms with Crippen molar-refractivity contribution in [1.29, 1.82) is 0 Å². The summed E-state index contributed by atoms with van der Waals surface area (Å²) in [5.74, 6) is -0.447. The van der Waals surface area contributed by atoms with Crippen molar-refractivity contribution in [3.63, 3.8) is 0 Å². The fourth-order valence-corrected chi connectivity index (χ4v) is 4.05. The van der Waals surface area contributed by atoms with Crippen LogP contribution in [0.4, 0.5) is 5.82 Å². The fourth-order valence-electron chi connectivity index (χ4n) is 3.38. The number of hydrazine groups is 1. The maximum absolute atomic E-state index is 12.3. The van der Waals surface area contributed by atoms with E-state index in [1.807, 2.05) is 13.8 Å². The number of nitrogens with zero attached hydrogens (tertiary/aromatic N) is 2. The first kappa shape index (κ1) is 31.3. The van der Waals surface area contributed by atoms with Crippen LogP contribution in [0.1, 0.15) is 61.9 Å². The van der Waals surface area contributed by atoms with Crippen LogP contribution in [0.5, 0.6) is 0 Å². The Hall–Kier alpha value is -3.88. The molecule has 7 N–H and O–H groups in total. The standard InChI is InChI=1S/C25H35N7O6S/c1-17(2)14-20(26)25(35)32-31-23(33)10-4-3-7-13-27-24(34)19-11-12-22(28-15-19)30-29-16-18-8-5-6-9-21(18)39(36,37)38/h5-6,8-9,11-12,15-17,20H,3-4,7,10,13-14,26H2,1-2H3,(H,27,34)(H,28,30)(H,31,33)(H,32,35)(H,36,37,38)/b29-16+/t20-/m1/s1. The van der Waals surface area contributed by atoms with E-state index in [0.717, 1.165) is 0 Å². The first-order valence-electron chi connectivity index (χ1n) is 12.4. The lowest BCUT2D eigenvalue weighted by Crippen LogP contribution is -2.49. The van der Waals surface area contributed by atoms with Crippen LogP contribution in [0.15, 0.2) is 52.6 Å². The highest BCUT2D eigenvalue weighted by Crippen LogP contribution is 2.13. The average molecular weight is 562 g/mol. The predicted octanol–water partition coefficient (Wildman–Crippen LogP) is 1.59. The Kier molecular flexibility index (Phi) is 12.5. The number of unbranched alkanes of at least 4 members (excludes halogenated alkanes) is 2. The second-order valence-electron chi connectivity index (χ2n) is 9.16. The lowest BCUT2D eigenvalue weighted by atomic mass is 10.0. The number of hydrazone groups is 1. The van der Waals surface area contributed by atoms with Crippen molar-refractivity contribution < 1.29 is 27.4 Å². The van der Waals surface area contributed by atoms with Gasteiger partial charge in [0.1, 0.15) is 10.7 Å². The van der Waals surface area contributed by atoms with Gasteiger partial charge in [0.05, 0.1) is 17.8 Å². The summed E-state index contributed by atoms with van der Waals surface area (Å²) in [6.45, 7) is 4.33. The molecule has 3 amide bonds. The number of hydrogen-bond donors (Lipinski definition) is 6. The molecule has 2 aromatic rings. The minimum absolute atomic E-state index is 0.192. The van der Waals surface area contributed by atoms with Crippen LogP contribution in [0.25, 0.3) is 0 Å². The number of benzene rings is 1. The van der Waals surface area contributed by atoms with Crippen molar-refractivity contribution >= 4 is 39.9 Å². The molecule has 0 aliphatic carbocycles. The first-order valence-corrected chi connectivity index (χ1v) is 13.9. The number of nitrogens with two attached hydrogens (primary N) is 1. The normalized spacial score (nSPS) is 12.2. The van der Waals surface area contributed by atoms with E-state index in [1.165, 1.54) is 36.7 Å². The molecule has 14 heteroatoms. The van der Waals surface area contributed by atoms with Gasteiger partial charge in [0, 0.05) is 24.7 Å². The maximum atomic E-state index is 12.3. The van der Waals surface area contributed by atoms with Crippen LogP contribution in [0, 0.1) is 5.92 Å². The van der Waals surface area contributed by atoms with Crippen molar-refractivity contribution in [3.8, 4) is 0 Å². The number of hydrogen-bond acceptors (Lipinski definition) is 9. The van der Waals surface area contributed by atoms with Gasteiger partial charge in [-0.25, -0.2) is 4.98 Å². The molecule has 0 saturated carbocycles. The van der Waals surface area contributed by atoms with Gasteiger partial charge in [0.15, 0.2) is 0 Å². The molecule has 0 fully saturated rings. The summed E-state index contributed by atoms with van der Waals surface area (Å²) in [7, 11) is -4.39. The molecule has 0 bridgehead atoms. The first-order chi connectivity index (χ1) is 18.5. The van der Waals surface area contributed by atoms with Crippen LogP contribution < -0.4 is 27.3 Å². The number of nitrogens with one attached hydrogen (secondary N) is 4. The molecule has 0 aliphatic rings. The molecule has 212 valence electrons. The molecule has 0 spiro atoms. The minimum atomic E-state index is -4.39. The molecule has 39 heavy (non-hydrogen) atoms. The molecule has 1 aromatic heterocycles. The van der Waals surface area contributed by atoms with E-state index in [4.69, 9.17) is 5.73 Å². The van der Waals surface area contributed by atoms with Crippen LogP contribution in [-0.2, 0) is 19.7 Å². The minimum Gasteiger partial charge on any atom is -0.352 e. The zero-order valence-corrected chi connectivity index (χ0v) is 22.7. The summed E-state index contributed by atoms with van der Waals surface area (Å²) in [4.78, 5) is 39.8. The van der Waals surface area contributed by atoms with Crippen molar-refractivity contribution in [1.82, 2.24) is 21.2 Å². The van der Waals surface area contributed by atoms with Gasteiger partial charge in [0.2, 0.25) is 5.91 Å². The largest absolute Gasteiger partial charge is 0.352 e. The Morgan fingerprint density at radius 3 is 2.49 bits per heavy atom. The van der Waals surface area contributed by atoms with Gasteiger partial charge in [0.25, 0.3) is 21.9 Å². The summed E-state index contributed by atoms with van der Waals surface area (Å²) < 4.78 is 32.1. The summed E-state index contributed by atoms with van der Waals surface area (Å²) in [5.41, 5.74) is 13.6. The lowest BCUT2D eigenvalue weighted by Gasteiger charge is -2.14. The third-order valence-corrected chi connectivity index (χ3v) is 6.29. The topological polar surface area (TPSA) is 205 Å². The molecule has 1 aromatic carbocycles. The molecule has 1 atom stereocenters. The van der Waals surface area contributed by atoms with Gasteiger partial charge in [-0.15, -0.1) is 0 Å². The molecule has 1 heterocycles. The van der Waals surface area contributed by atoms with E-state index in [1.54, 1.807) is 12.1 Å². The second-order valence-corrected chi connectivity index (χ2v) is 10.5. The predicted molar refractivity (Wildman–Crippen MR) is 146 cm³/mol. The lowest BCUT2D eigenvalue weighted by molar-refractivity contribution is -0.129. The van der Waals surface area contributed by atoms with Crippen LogP contribution in [0.2, 0.25) is 0 Å². The van der Waals surface area contributed by atoms with Crippen molar-refractivity contribution in [3.05, 3.63) is 53.7 Å². The van der Waals surface area contributed by atoms with Gasteiger partial charge < -0.3 is 11.1 Å². The van der Waals surface area contributed by atoms with E-state index >= 15 is 0 Å². The number of pyridine rings is 1. The van der Waals surface area contributed by atoms with Gasteiger partial charge in [-0.05, 0) is 43.4 Å². The van der Waals surface area contributed by atoms with Gasteiger partial charge >= 0.3 is 0 Å². The molecular weight excluding hydrogens is 526 g/mol. The van der Waals surface area contributed by atoms with E-state index in [9.17, 15) is 27.4 Å². The van der Waals surface area contributed by atoms with E-state index in [0.29, 0.717) is 43.6 Å². The highest BCUT2D eigenvalue weighted by Gasteiger charge is 2.15. The fraction of sp³-hybridized carbons (Fsp3) is 0.400. The highest BCUT2D eigenvalue weighted by molar-refractivity contribution is 7.86. The van der Waals surface area contributed by atoms with Crippen molar-refractivity contribution in [2.75, 3.05) is 12.0 Å². The molecule has 0 unspecified atom stereocenters. The van der Waals surface area contributed by atoms with Gasteiger partial charge in [-0.1, -0.05) is 38.5 Å². The number of anilines is 1. The summed E-state index contributed by atoms with van der Waals surface area (Å²) in [6.07, 6.45) is 5.31. The quantitative estimate of drug-likeness (QED) is 0.0856. The molecule has 0 radical (unpaired) electrons. The van der Waals surface area contributed by atoms with Gasteiger partial charge in [-0.2, -0.15) is 13.5 Å².